The number of hydrogen-bond donors (Lipinski definition) is 2. The first-order valence-electron chi connectivity index (χ1n) is 11.7. The number of benzene rings is 1. The van der Waals surface area contributed by atoms with Gasteiger partial charge in [0.25, 0.3) is 0 Å². The van der Waals surface area contributed by atoms with E-state index in [9.17, 15) is 18.0 Å². The van der Waals surface area contributed by atoms with Crippen LogP contribution in [0.1, 0.15) is 50.0 Å². The molecule has 0 radical (unpaired) electrons. The van der Waals surface area contributed by atoms with E-state index in [1.807, 2.05) is 0 Å². The summed E-state index contributed by atoms with van der Waals surface area (Å²) in [7, 11) is -2.48. The highest BCUT2D eigenvalue weighted by atomic mass is 32.2. The predicted molar refractivity (Wildman–Crippen MR) is 129 cm³/mol. The molecule has 1 saturated carbocycles. The fraction of sp³-hybridized carbons (Fsp3) is 0.500. The summed E-state index contributed by atoms with van der Waals surface area (Å²) in [5.41, 5.74) is 0.707. The Labute approximate surface area is 205 Å². The Morgan fingerprint density at radius 2 is 1.80 bits per heavy atom. The topological polar surface area (TPSA) is 139 Å². The van der Waals surface area contributed by atoms with E-state index < -0.39 is 21.9 Å². The maximum absolute atomic E-state index is 13.2. The summed E-state index contributed by atoms with van der Waals surface area (Å²) in [6, 6.07) is 7.92. The summed E-state index contributed by atoms with van der Waals surface area (Å²) in [5.74, 6) is -1.15. The van der Waals surface area contributed by atoms with Crippen molar-refractivity contribution in [2.45, 2.75) is 49.3 Å². The number of carboxylic acids is 1. The first-order chi connectivity index (χ1) is 16.8. The van der Waals surface area contributed by atoms with E-state index in [0.29, 0.717) is 17.9 Å². The van der Waals surface area contributed by atoms with Crippen LogP contribution < -0.4 is 5.32 Å². The predicted octanol–water partition coefficient (Wildman–Crippen LogP) is 2.89. The van der Waals surface area contributed by atoms with Gasteiger partial charge in [-0.15, -0.1) is 0 Å². The van der Waals surface area contributed by atoms with Crippen molar-refractivity contribution in [3.8, 4) is 0 Å². The molecule has 2 aromatic rings. The Morgan fingerprint density at radius 3 is 2.40 bits per heavy atom. The Bertz CT molecular complexity index is 1070. The molecule has 1 aliphatic carbocycles. The Kier molecular flexibility index (Phi) is 9.70. The van der Waals surface area contributed by atoms with Crippen molar-refractivity contribution in [1.82, 2.24) is 14.3 Å². The number of anilines is 1. The first-order valence-corrected chi connectivity index (χ1v) is 13.1. The van der Waals surface area contributed by atoms with E-state index in [4.69, 9.17) is 9.84 Å². The third-order valence-electron chi connectivity index (χ3n) is 6.20. The molecule has 1 amide bonds. The lowest BCUT2D eigenvalue weighted by Crippen LogP contribution is -2.35. The van der Waals surface area contributed by atoms with E-state index in [2.05, 4.69) is 15.3 Å². The number of methoxy groups -OCH3 is 1. The van der Waals surface area contributed by atoms with Crippen LogP contribution in [-0.4, -0.2) is 66.5 Å². The summed E-state index contributed by atoms with van der Waals surface area (Å²) in [4.78, 5) is 32.3. The molecule has 11 heteroatoms. The van der Waals surface area contributed by atoms with Crippen LogP contribution in [0.2, 0.25) is 0 Å². The number of nitrogens with one attached hydrogen (secondary N) is 1. The van der Waals surface area contributed by atoms with Crippen molar-refractivity contribution in [3.05, 3.63) is 48.3 Å². The molecule has 0 aliphatic heterocycles. The zero-order valence-corrected chi connectivity index (χ0v) is 20.6. The SMILES string of the molecule is COCCN(CCC(=O)O)S(=O)(=O)c1ccc([C@@H](CC2CCCC2)C(=O)Nc2ncccn2)cc1. The van der Waals surface area contributed by atoms with Crippen LogP contribution >= 0.6 is 0 Å². The van der Waals surface area contributed by atoms with E-state index in [0.717, 1.165) is 30.0 Å². The third-order valence-corrected chi connectivity index (χ3v) is 8.11. The highest BCUT2D eigenvalue weighted by Crippen LogP contribution is 2.35. The molecule has 2 N–H and O–H groups in total. The van der Waals surface area contributed by atoms with Crippen molar-refractivity contribution in [3.63, 3.8) is 0 Å². The van der Waals surface area contributed by atoms with Gasteiger partial charge in [0.05, 0.1) is 23.8 Å². The number of carbonyl (C=O) groups excluding carboxylic acids is 1. The maximum Gasteiger partial charge on any atom is 0.304 e. The van der Waals surface area contributed by atoms with Crippen molar-refractivity contribution in [1.29, 1.82) is 0 Å². The number of rotatable bonds is 13. The number of aromatic nitrogens is 2. The molecule has 190 valence electrons. The normalized spacial score (nSPS) is 15.3. The third kappa shape index (κ3) is 7.55. The molecular weight excluding hydrogens is 472 g/mol. The molecular formula is C24H32N4O6S. The fourth-order valence-electron chi connectivity index (χ4n) is 4.32. The molecule has 1 aliphatic rings. The average Bonchev–Trinajstić information content (AvgIpc) is 3.36. The Balaban J connectivity index is 1.82. The van der Waals surface area contributed by atoms with Crippen LogP contribution in [0.5, 0.6) is 0 Å². The number of aliphatic carboxylic acids is 1. The maximum atomic E-state index is 13.2. The smallest absolute Gasteiger partial charge is 0.304 e. The number of carbonyl (C=O) groups is 2. The number of hydrogen-bond acceptors (Lipinski definition) is 7. The number of amides is 1. The minimum Gasteiger partial charge on any atom is -0.481 e. The van der Waals surface area contributed by atoms with E-state index in [1.165, 1.54) is 19.2 Å². The van der Waals surface area contributed by atoms with Gasteiger partial charge >= 0.3 is 5.97 Å². The van der Waals surface area contributed by atoms with Crippen LogP contribution in [0.15, 0.2) is 47.6 Å². The Hall–Kier alpha value is -2.89. The second-order valence-corrected chi connectivity index (χ2v) is 10.5. The van der Waals surface area contributed by atoms with Crippen LogP contribution in [0, 0.1) is 5.92 Å². The monoisotopic (exact) mass is 504 g/mol. The summed E-state index contributed by atoms with van der Waals surface area (Å²) in [6.07, 6.45) is 7.86. The van der Waals surface area contributed by atoms with Gasteiger partial charge in [0.1, 0.15) is 0 Å². The summed E-state index contributed by atoms with van der Waals surface area (Å²) >= 11 is 0. The molecule has 1 atom stereocenters. The highest BCUT2D eigenvalue weighted by Gasteiger charge is 2.29. The molecule has 35 heavy (non-hydrogen) atoms. The molecule has 3 rings (SSSR count). The second kappa shape index (κ2) is 12.7. The van der Waals surface area contributed by atoms with Gasteiger partial charge in [-0.3, -0.25) is 14.9 Å². The standard InChI is InChI=1S/C24H32N4O6S/c1-34-16-15-28(14-11-22(29)30)35(32,33)20-9-7-19(8-10-20)21(17-18-5-2-3-6-18)23(31)27-24-25-12-4-13-26-24/h4,7-10,12-13,18,21H,2-3,5-6,11,14-17H2,1H3,(H,29,30)(H,25,26,27,31)/t21-/m1/s1. The molecule has 1 heterocycles. The lowest BCUT2D eigenvalue weighted by atomic mass is 9.87. The van der Waals surface area contributed by atoms with Gasteiger partial charge in [0.15, 0.2) is 0 Å². The minimum atomic E-state index is -3.93. The first kappa shape index (κ1) is 26.7. The van der Waals surface area contributed by atoms with E-state index in [1.54, 1.807) is 30.6 Å². The van der Waals surface area contributed by atoms with E-state index >= 15 is 0 Å². The molecule has 10 nitrogen and oxygen atoms in total. The van der Waals surface area contributed by atoms with Crippen LogP contribution in [-0.2, 0) is 24.3 Å². The van der Waals surface area contributed by atoms with Crippen molar-refractivity contribution >= 4 is 27.8 Å². The molecule has 0 unspecified atom stereocenters. The van der Waals surface area contributed by atoms with Crippen molar-refractivity contribution in [2.24, 2.45) is 5.92 Å². The van der Waals surface area contributed by atoms with Gasteiger partial charge in [-0.1, -0.05) is 37.8 Å². The van der Waals surface area contributed by atoms with Gasteiger partial charge in [-0.05, 0) is 36.1 Å². The number of ether oxygens (including phenoxy) is 1. The van der Waals surface area contributed by atoms with Crippen LogP contribution in [0.25, 0.3) is 0 Å². The van der Waals surface area contributed by atoms with Crippen LogP contribution in [0.4, 0.5) is 5.95 Å². The number of carboxylic acid groups (broad SMARTS) is 1. The molecule has 1 aromatic heterocycles. The van der Waals surface area contributed by atoms with Gasteiger partial charge in [0.2, 0.25) is 21.9 Å². The molecule has 0 bridgehead atoms. The van der Waals surface area contributed by atoms with Crippen molar-refractivity contribution in [2.75, 3.05) is 32.1 Å². The molecule has 1 aromatic carbocycles. The van der Waals surface area contributed by atoms with E-state index in [-0.39, 0.29) is 42.9 Å². The molecule has 1 fully saturated rings. The molecule has 0 spiro atoms. The summed E-state index contributed by atoms with van der Waals surface area (Å²) in [6.45, 7) is 0.0202. The number of nitrogens with zero attached hydrogens (tertiary/aromatic N) is 3. The van der Waals surface area contributed by atoms with Gasteiger partial charge < -0.3 is 9.84 Å². The lowest BCUT2D eigenvalue weighted by Gasteiger charge is -2.23. The van der Waals surface area contributed by atoms with Gasteiger partial charge in [-0.25, -0.2) is 18.4 Å². The average molecular weight is 505 g/mol. The highest BCUT2D eigenvalue weighted by molar-refractivity contribution is 7.89. The fourth-order valence-corrected chi connectivity index (χ4v) is 5.75. The van der Waals surface area contributed by atoms with Gasteiger partial charge in [-0.2, -0.15) is 4.31 Å². The Morgan fingerprint density at radius 1 is 1.14 bits per heavy atom. The summed E-state index contributed by atoms with van der Waals surface area (Å²) < 4.78 is 32.4. The zero-order valence-electron chi connectivity index (χ0n) is 19.8. The largest absolute Gasteiger partial charge is 0.481 e. The summed E-state index contributed by atoms with van der Waals surface area (Å²) in [5, 5.41) is 11.8. The zero-order chi connectivity index (χ0) is 25.3. The van der Waals surface area contributed by atoms with Gasteiger partial charge in [0, 0.05) is 32.6 Å². The van der Waals surface area contributed by atoms with Crippen molar-refractivity contribution < 1.29 is 27.9 Å². The lowest BCUT2D eigenvalue weighted by molar-refractivity contribution is -0.137. The minimum absolute atomic E-state index is 0.0363. The molecule has 0 saturated heterocycles. The number of sulfonamides is 1. The van der Waals surface area contributed by atoms with Crippen LogP contribution in [0.3, 0.4) is 0 Å². The second-order valence-electron chi connectivity index (χ2n) is 8.61. The quantitative estimate of drug-likeness (QED) is 0.425.